The van der Waals surface area contributed by atoms with Gasteiger partial charge in [0, 0.05) is 37.5 Å². The van der Waals surface area contributed by atoms with Crippen LogP contribution in [0.3, 0.4) is 0 Å². The molecule has 0 aliphatic carbocycles. The third-order valence-electron chi connectivity index (χ3n) is 5.55. The number of aryl methyl sites for hydroxylation is 2. The van der Waals surface area contributed by atoms with Crippen LogP contribution >= 0.6 is 11.3 Å². The molecule has 0 bridgehead atoms. The summed E-state index contributed by atoms with van der Waals surface area (Å²) in [5.74, 6) is -0.461. The second-order valence-corrected chi connectivity index (χ2v) is 8.77. The zero-order valence-electron chi connectivity index (χ0n) is 18.7. The molecule has 0 atom stereocenters. The van der Waals surface area contributed by atoms with E-state index >= 15 is 0 Å². The first-order valence-electron chi connectivity index (χ1n) is 10.5. The Morgan fingerprint density at radius 2 is 1.97 bits per heavy atom. The maximum atomic E-state index is 13.9. The molecule has 6 nitrogen and oxygen atoms in total. The van der Waals surface area contributed by atoms with Crippen LogP contribution in [0.15, 0.2) is 59.0 Å². The van der Waals surface area contributed by atoms with Crippen molar-refractivity contribution in [3.63, 3.8) is 0 Å². The van der Waals surface area contributed by atoms with Crippen molar-refractivity contribution in [1.29, 1.82) is 0 Å². The summed E-state index contributed by atoms with van der Waals surface area (Å²) in [5, 5.41) is 2.52. The highest BCUT2D eigenvalue weighted by molar-refractivity contribution is 7.17. The second kappa shape index (κ2) is 9.54. The summed E-state index contributed by atoms with van der Waals surface area (Å²) >= 11 is 1.43. The van der Waals surface area contributed by atoms with Gasteiger partial charge < -0.3 is 9.64 Å². The molecule has 0 fully saturated rings. The number of nitrogens with zero attached hydrogens (tertiary/aromatic N) is 3. The van der Waals surface area contributed by atoms with Gasteiger partial charge in [-0.05, 0) is 30.2 Å². The average Bonchev–Trinajstić information content (AvgIpc) is 3.24. The van der Waals surface area contributed by atoms with E-state index in [4.69, 9.17) is 4.74 Å². The summed E-state index contributed by atoms with van der Waals surface area (Å²) in [4.78, 5) is 32.4. The molecule has 1 amide bonds. The molecule has 0 unspecified atom stereocenters. The number of carbonyl (C=O) groups is 1. The predicted octanol–water partition coefficient (Wildman–Crippen LogP) is 4.63. The van der Waals surface area contributed by atoms with Gasteiger partial charge in [0.05, 0.1) is 18.8 Å². The number of hydrogen-bond acceptors (Lipinski definition) is 5. The molecule has 4 aromatic rings. The third kappa shape index (κ3) is 4.80. The molecule has 0 saturated heterocycles. The lowest BCUT2D eigenvalue weighted by molar-refractivity contribution is -0.130. The predicted molar refractivity (Wildman–Crippen MR) is 128 cm³/mol. The van der Waals surface area contributed by atoms with Crippen LogP contribution in [-0.2, 0) is 17.9 Å². The number of hydrogen-bond donors (Lipinski definition) is 0. The topological polar surface area (TPSA) is 64.4 Å². The minimum Gasteiger partial charge on any atom is -0.494 e. The normalized spacial score (nSPS) is 11.0. The number of fused-ring (bicyclic) bond motifs is 1. The molecular formula is C25H24FN3O3S. The Hall–Kier alpha value is -3.52. The Kier molecular flexibility index (Phi) is 6.55. The van der Waals surface area contributed by atoms with Crippen LogP contribution in [0, 0.1) is 12.7 Å². The van der Waals surface area contributed by atoms with Crippen LogP contribution in [0.4, 0.5) is 4.39 Å². The fourth-order valence-electron chi connectivity index (χ4n) is 3.65. The molecule has 4 rings (SSSR count). The molecule has 2 aromatic heterocycles. The minimum absolute atomic E-state index is 0.131. The molecule has 2 heterocycles. The Bertz CT molecular complexity index is 1360. The summed E-state index contributed by atoms with van der Waals surface area (Å²) in [6, 6.07) is 12.6. The molecule has 0 N–H and O–H groups in total. The smallest absolute Gasteiger partial charge is 0.262 e. The minimum atomic E-state index is -0.470. The molecule has 0 aliphatic rings. The van der Waals surface area contributed by atoms with E-state index in [1.54, 1.807) is 13.1 Å². The number of thiophene rings is 1. The quantitative estimate of drug-likeness (QED) is 0.399. The molecule has 0 spiro atoms. The molecule has 2 aromatic carbocycles. The van der Waals surface area contributed by atoms with Gasteiger partial charge in [-0.1, -0.05) is 35.9 Å². The summed E-state index contributed by atoms with van der Waals surface area (Å²) < 4.78 is 20.3. The van der Waals surface area contributed by atoms with Crippen LogP contribution in [0.1, 0.15) is 17.5 Å². The van der Waals surface area contributed by atoms with Crippen molar-refractivity contribution in [3.8, 4) is 16.9 Å². The SMILES string of the molecule is COc1ccc(CN(C)C(=O)CCn2cnc3scc(-c4ccc(C)cc4)c3c2=O)cc1F. The largest absolute Gasteiger partial charge is 0.494 e. The van der Waals surface area contributed by atoms with Crippen LogP contribution < -0.4 is 10.3 Å². The van der Waals surface area contributed by atoms with Crippen LogP contribution in [0.2, 0.25) is 0 Å². The second-order valence-electron chi connectivity index (χ2n) is 7.91. The monoisotopic (exact) mass is 465 g/mol. The lowest BCUT2D eigenvalue weighted by Gasteiger charge is -2.18. The third-order valence-corrected chi connectivity index (χ3v) is 6.44. The number of benzene rings is 2. The number of carbonyl (C=O) groups excluding carboxylic acids is 1. The first-order chi connectivity index (χ1) is 15.9. The van der Waals surface area contributed by atoms with Gasteiger partial charge in [-0.25, -0.2) is 9.37 Å². The maximum absolute atomic E-state index is 13.9. The van der Waals surface area contributed by atoms with Crippen molar-refractivity contribution >= 4 is 27.5 Å². The average molecular weight is 466 g/mol. The van der Waals surface area contributed by atoms with E-state index in [1.807, 2.05) is 36.6 Å². The molecule has 170 valence electrons. The van der Waals surface area contributed by atoms with Gasteiger partial charge in [0.1, 0.15) is 4.83 Å². The van der Waals surface area contributed by atoms with Crippen LogP contribution in [0.25, 0.3) is 21.3 Å². The highest BCUT2D eigenvalue weighted by Crippen LogP contribution is 2.30. The van der Waals surface area contributed by atoms with E-state index in [2.05, 4.69) is 4.98 Å². The molecule has 33 heavy (non-hydrogen) atoms. The van der Waals surface area contributed by atoms with Gasteiger partial charge in [-0.15, -0.1) is 11.3 Å². The van der Waals surface area contributed by atoms with Gasteiger partial charge in [-0.3, -0.25) is 14.2 Å². The summed E-state index contributed by atoms with van der Waals surface area (Å²) in [5.41, 5.74) is 3.46. The van der Waals surface area contributed by atoms with Crippen molar-refractivity contribution < 1.29 is 13.9 Å². The van der Waals surface area contributed by atoms with E-state index < -0.39 is 5.82 Å². The van der Waals surface area contributed by atoms with Gasteiger partial charge in [0.15, 0.2) is 11.6 Å². The molecular weight excluding hydrogens is 441 g/mol. The molecule has 0 saturated carbocycles. The van der Waals surface area contributed by atoms with E-state index in [9.17, 15) is 14.0 Å². The fraction of sp³-hybridized carbons (Fsp3) is 0.240. The number of aromatic nitrogens is 2. The van der Waals surface area contributed by atoms with Crippen molar-refractivity contribution in [1.82, 2.24) is 14.5 Å². The first kappa shape index (κ1) is 22.7. The number of halogens is 1. The summed E-state index contributed by atoms with van der Waals surface area (Å²) in [6.07, 6.45) is 1.62. The molecule has 8 heteroatoms. The number of methoxy groups -OCH3 is 1. The van der Waals surface area contributed by atoms with E-state index in [0.29, 0.717) is 15.8 Å². The van der Waals surface area contributed by atoms with Gasteiger partial charge in [-0.2, -0.15) is 0 Å². The summed E-state index contributed by atoms with van der Waals surface area (Å²) in [6.45, 7) is 2.49. The van der Waals surface area contributed by atoms with Crippen LogP contribution in [0.5, 0.6) is 5.75 Å². The molecule has 0 radical (unpaired) electrons. The van der Waals surface area contributed by atoms with Crippen molar-refractivity contribution in [3.05, 3.63) is 81.5 Å². The van der Waals surface area contributed by atoms with Crippen molar-refractivity contribution in [2.45, 2.75) is 26.4 Å². The van der Waals surface area contributed by atoms with E-state index in [1.165, 1.54) is 46.4 Å². The van der Waals surface area contributed by atoms with Crippen LogP contribution in [-0.4, -0.2) is 34.5 Å². The van der Waals surface area contributed by atoms with Gasteiger partial charge >= 0.3 is 0 Å². The maximum Gasteiger partial charge on any atom is 0.262 e. The van der Waals surface area contributed by atoms with E-state index in [-0.39, 0.29) is 36.7 Å². The molecule has 0 aliphatic heterocycles. The Balaban J connectivity index is 1.48. The Morgan fingerprint density at radius 1 is 1.21 bits per heavy atom. The van der Waals surface area contributed by atoms with E-state index in [0.717, 1.165) is 16.7 Å². The highest BCUT2D eigenvalue weighted by Gasteiger charge is 2.15. The summed E-state index contributed by atoms with van der Waals surface area (Å²) in [7, 11) is 3.06. The first-order valence-corrected chi connectivity index (χ1v) is 11.4. The van der Waals surface area contributed by atoms with Crippen molar-refractivity contribution in [2.24, 2.45) is 0 Å². The number of rotatable bonds is 7. The lowest BCUT2D eigenvalue weighted by Crippen LogP contribution is -2.29. The number of ether oxygens (including phenoxy) is 1. The van der Waals surface area contributed by atoms with Gasteiger partial charge in [0.25, 0.3) is 5.56 Å². The zero-order valence-corrected chi connectivity index (χ0v) is 19.5. The zero-order chi connectivity index (χ0) is 23.5. The van der Waals surface area contributed by atoms with Crippen molar-refractivity contribution in [2.75, 3.05) is 14.2 Å². The highest BCUT2D eigenvalue weighted by atomic mass is 32.1. The van der Waals surface area contributed by atoms with Gasteiger partial charge in [0.2, 0.25) is 5.91 Å². The Morgan fingerprint density at radius 3 is 2.67 bits per heavy atom. The fourth-order valence-corrected chi connectivity index (χ4v) is 4.56. The standard InChI is InChI=1S/C25H24FN3O3S/c1-16-4-7-18(8-5-16)19-14-33-24-23(19)25(31)29(15-27-24)11-10-22(30)28(2)13-17-6-9-21(32-3)20(26)12-17/h4-9,12,14-15H,10-11,13H2,1-3H3. The number of amides is 1. The Labute approximate surface area is 194 Å². The lowest BCUT2D eigenvalue weighted by atomic mass is 10.1.